The topological polar surface area (TPSA) is 49.8 Å². The third-order valence-electron chi connectivity index (χ3n) is 8.44. The molecule has 1 aliphatic carbocycles. The van der Waals surface area contributed by atoms with Crippen LogP contribution < -0.4 is 4.74 Å². The second-order valence-corrected chi connectivity index (χ2v) is 10.9. The third kappa shape index (κ3) is 4.86. The van der Waals surface area contributed by atoms with E-state index in [1.54, 1.807) is 6.07 Å². The monoisotopic (exact) mass is 509 g/mol. The van der Waals surface area contributed by atoms with Crippen molar-refractivity contribution in [2.45, 2.75) is 88.7 Å². The fraction of sp³-hybridized carbons (Fsp3) is 0.593. The Morgan fingerprint density at radius 2 is 1.69 bits per heavy atom. The highest BCUT2D eigenvalue weighted by Gasteiger charge is 2.45. The number of benzene rings is 2. The number of alkyl halides is 3. The van der Waals surface area contributed by atoms with Crippen LogP contribution in [0.15, 0.2) is 30.3 Å². The summed E-state index contributed by atoms with van der Waals surface area (Å²) in [6.45, 7) is 2.17. The normalized spacial score (nSPS) is 30.4. The summed E-state index contributed by atoms with van der Waals surface area (Å²) in [6, 6.07) is 10.6. The lowest BCUT2D eigenvalue weighted by Crippen LogP contribution is -2.45. The van der Waals surface area contributed by atoms with Crippen molar-refractivity contribution in [2.24, 2.45) is 11.8 Å². The van der Waals surface area contributed by atoms with Crippen LogP contribution in [-0.4, -0.2) is 40.3 Å². The van der Waals surface area contributed by atoms with Crippen molar-refractivity contribution in [3.05, 3.63) is 40.9 Å². The Morgan fingerprint density at radius 1 is 1.06 bits per heavy atom. The lowest BCUT2D eigenvalue weighted by molar-refractivity contribution is -0.185. The second kappa shape index (κ2) is 9.47. The maximum absolute atomic E-state index is 13.0. The van der Waals surface area contributed by atoms with Crippen LogP contribution in [0.1, 0.15) is 69.9 Å². The van der Waals surface area contributed by atoms with Gasteiger partial charge in [0, 0.05) is 23.5 Å². The van der Waals surface area contributed by atoms with Crippen molar-refractivity contribution in [1.82, 2.24) is 4.90 Å². The van der Waals surface area contributed by atoms with Crippen molar-refractivity contribution in [1.29, 1.82) is 0 Å². The molecule has 2 aliphatic heterocycles. The van der Waals surface area contributed by atoms with Crippen LogP contribution in [0.25, 0.3) is 10.8 Å². The first-order chi connectivity index (χ1) is 16.6. The molecule has 35 heavy (non-hydrogen) atoms. The summed E-state index contributed by atoms with van der Waals surface area (Å²) in [5.74, 6) is -1.67. The lowest BCUT2D eigenvalue weighted by atomic mass is 9.87. The van der Waals surface area contributed by atoms with Crippen molar-refractivity contribution < 1.29 is 27.8 Å². The minimum absolute atomic E-state index is 0.0853. The molecule has 1 N–H and O–H groups in total. The molecule has 2 saturated heterocycles. The van der Waals surface area contributed by atoms with Gasteiger partial charge in [-0.05, 0) is 81.4 Å². The molecule has 0 radical (unpaired) electrons. The molecule has 4 nitrogen and oxygen atoms in total. The number of rotatable bonds is 5. The number of aliphatic carboxylic acids is 1. The summed E-state index contributed by atoms with van der Waals surface area (Å²) < 4.78 is 45.0. The Morgan fingerprint density at radius 3 is 2.29 bits per heavy atom. The molecule has 2 bridgehead atoms. The standard InChI is InChI=1S/C27H31ClF3NO3/c1-15(32-20-7-8-21(32)13-18(12-20)26(33)34)17-3-2-16-4-11-24(25(28)23(16)14-17)35-22-9-5-19(6-10-22)27(29,30)31/h2-4,11,14-15,18-22H,5-10,12-13H2,1H3,(H,33,34)/t15?,18?,19-,20?,21?,22+. The average molecular weight is 510 g/mol. The van der Waals surface area contributed by atoms with Crippen molar-refractivity contribution in [3.63, 3.8) is 0 Å². The van der Waals surface area contributed by atoms with Crippen LogP contribution in [0.3, 0.4) is 0 Å². The summed E-state index contributed by atoms with van der Waals surface area (Å²) >= 11 is 6.76. The summed E-state index contributed by atoms with van der Waals surface area (Å²) in [6.07, 6.45) is -0.0567. The lowest BCUT2D eigenvalue weighted by Gasteiger charge is -2.41. The summed E-state index contributed by atoms with van der Waals surface area (Å²) in [5.41, 5.74) is 1.12. The Bertz CT molecular complexity index is 1090. The molecule has 8 heteroatoms. The quantitative estimate of drug-likeness (QED) is 0.456. The maximum atomic E-state index is 13.0. The van der Waals surface area contributed by atoms with Crippen LogP contribution in [0.4, 0.5) is 13.2 Å². The van der Waals surface area contributed by atoms with E-state index in [0.717, 1.165) is 29.2 Å². The van der Waals surface area contributed by atoms with Crippen LogP contribution in [0.5, 0.6) is 5.75 Å². The predicted molar refractivity (Wildman–Crippen MR) is 129 cm³/mol. The highest BCUT2D eigenvalue weighted by molar-refractivity contribution is 6.37. The molecule has 0 spiro atoms. The number of piperidine rings is 1. The van der Waals surface area contributed by atoms with Crippen LogP contribution >= 0.6 is 11.6 Å². The van der Waals surface area contributed by atoms with E-state index < -0.39 is 18.1 Å². The Hall–Kier alpha value is -1.99. The van der Waals surface area contributed by atoms with Gasteiger partial charge < -0.3 is 9.84 Å². The minimum Gasteiger partial charge on any atom is -0.489 e. The zero-order valence-electron chi connectivity index (χ0n) is 19.7. The predicted octanol–water partition coefficient (Wildman–Crippen LogP) is 7.38. The molecule has 2 heterocycles. The molecule has 3 fully saturated rings. The molecule has 5 rings (SSSR count). The van der Waals surface area contributed by atoms with E-state index in [9.17, 15) is 23.1 Å². The number of carboxylic acid groups (broad SMARTS) is 1. The molecule has 3 aliphatic rings. The fourth-order valence-electron chi connectivity index (χ4n) is 6.54. The van der Waals surface area contributed by atoms with Crippen LogP contribution in [-0.2, 0) is 4.79 Å². The zero-order chi connectivity index (χ0) is 24.9. The van der Waals surface area contributed by atoms with Gasteiger partial charge in [-0.3, -0.25) is 9.69 Å². The van der Waals surface area contributed by atoms with Gasteiger partial charge >= 0.3 is 12.1 Å². The largest absolute Gasteiger partial charge is 0.489 e. The molecule has 1 saturated carbocycles. The van der Waals surface area contributed by atoms with E-state index in [1.165, 1.54) is 0 Å². The van der Waals surface area contributed by atoms with Crippen LogP contribution in [0.2, 0.25) is 5.02 Å². The van der Waals surface area contributed by atoms with Gasteiger partial charge in [0.25, 0.3) is 0 Å². The van der Waals surface area contributed by atoms with E-state index in [1.807, 2.05) is 12.1 Å². The average Bonchev–Trinajstić information content (AvgIpc) is 3.08. The van der Waals surface area contributed by atoms with E-state index >= 15 is 0 Å². The summed E-state index contributed by atoms with van der Waals surface area (Å²) in [4.78, 5) is 14.0. The zero-order valence-corrected chi connectivity index (χ0v) is 20.5. The molecule has 2 aromatic rings. The number of fused-ring (bicyclic) bond motifs is 3. The highest BCUT2D eigenvalue weighted by atomic mass is 35.5. The van der Waals surface area contributed by atoms with Crippen LogP contribution in [0, 0.1) is 11.8 Å². The number of ether oxygens (including phenoxy) is 1. The van der Waals surface area contributed by atoms with E-state index in [-0.39, 0.29) is 43.0 Å². The van der Waals surface area contributed by atoms with Gasteiger partial charge in [-0.15, -0.1) is 0 Å². The highest BCUT2D eigenvalue weighted by Crippen LogP contribution is 2.45. The molecular weight excluding hydrogens is 479 g/mol. The first kappa shape index (κ1) is 24.7. The Balaban J connectivity index is 1.33. The van der Waals surface area contributed by atoms with Crippen molar-refractivity contribution in [3.8, 4) is 5.75 Å². The first-order valence-electron chi connectivity index (χ1n) is 12.6. The number of carboxylic acids is 1. The van der Waals surface area contributed by atoms with Gasteiger partial charge in [-0.1, -0.05) is 29.8 Å². The van der Waals surface area contributed by atoms with E-state index in [2.05, 4.69) is 24.0 Å². The van der Waals surface area contributed by atoms with Crippen molar-refractivity contribution >= 4 is 28.3 Å². The van der Waals surface area contributed by atoms with Gasteiger partial charge in [0.1, 0.15) is 5.75 Å². The molecule has 190 valence electrons. The van der Waals surface area contributed by atoms with Gasteiger partial charge in [-0.25, -0.2) is 0 Å². The first-order valence-corrected chi connectivity index (χ1v) is 13.0. The third-order valence-corrected chi connectivity index (χ3v) is 8.83. The number of hydrogen-bond acceptors (Lipinski definition) is 3. The molecule has 2 aromatic carbocycles. The molecule has 0 aromatic heterocycles. The Labute approximate surface area is 208 Å². The van der Waals surface area contributed by atoms with E-state index in [4.69, 9.17) is 16.3 Å². The molecule has 3 atom stereocenters. The number of nitrogens with zero attached hydrogens (tertiary/aromatic N) is 1. The fourth-order valence-corrected chi connectivity index (χ4v) is 6.81. The maximum Gasteiger partial charge on any atom is 0.391 e. The molecule has 0 amide bonds. The SMILES string of the molecule is CC(c1ccc2ccc(O[C@H]3CC[C@@H](C(F)(F)F)CC3)c(Cl)c2c1)N1C2CCC1CC(C(=O)O)C2. The minimum atomic E-state index is -4.14. The number of carbonyl (C=O) groups is 1. The van der Waals surface area contributed by atoms with Gasteiger partial charge in [-0.2, -0.15) is 13.2 Å². The van der Waals surface area contributed by atoms with Gasteiger partial charge in [0.2, 0.25) is 0 Å². The summed E-state index contributed by atoms with van der Waals surface area (Å²) in [5, 5.41) is 11.8. The summed E-state index contributed by atoms with van der Waals surface area (Å²) in [7, 11) is 0. The van der Waals surface area contributed by atoms with Gasteiger partial charge in [0.05, 0.1) is 23.0 Å². The Kier molecular flexibility index (Phi) is 6.68. The van der Waals surface area contributed by atoms with Crippen molar-refractivity contribution in [2.75, 3.05) is 0 Å². The number of hydrogen-bond donors (Lipinski definition) is 1. The van der Waals surface area contributed by atoms with Gasteiger partial charge in [0.15, 0.2) is 0 Å². The van der Waals surface area contributed by atoms with E-state index in [0.29, 0.717) is 36.5 Å². The second-order valence-electron chi connectivity index (χ2n) is 10.5. The smallest absolute Gasteiger partial charge is 0.391 e. The molecular formula is C27H31ClF3NO3. The number of halogens is 4. The molecule has 3 unspecified atom stereocenters.